The molecule has 0 aliphatic rings. The minimum Gasteiger partial charge on any atom is -0.461 e. The molecule has 0 bridgehead atoms. The molecule has 3 aromatic rings. The molecule has 0 spiro atoms. The van der Waals surface area contributed by atoms with E-state index in [1.54, 1.807) is 54.7 Å². The Kier molecular flexibility index (Phi) is 3.92. The Morgan fingerprint density at radius 1 is 1.36 bits per heavy atom. The zero-order valence-electron chi connectivity index (χ0n) is 11.9. The van der Waals surface area contributed by atoms with Crippen LogP contribution < -0.4 is 10.6 Å². The molecule has 0 saturated heterocycles. The topological polar surface area (TPSA) is 97.9 Å². The number of hydrogen-bond donors (Lipinski definition) is 2. The van der Waals surface area contributed by atoms with Crippen LogP contribution in [-0.4, -0.2) is 39.2 Å². The van der Waals surface area contributed by atoms with E-state index >= 15 is 0 Å². The number of furan rings is 1. The first kappa shape index (κ1) is 14.0. The minimum absolute atomic E-state index is 0.192. The fourth-order valence-corrected chi connectivity index (χ4v) is 1.88. The minimum atomic E-state index is -0.196. The van der Waals surface area contributed by atoms with Crippen molar-refractivity contribution in [3.63, 3.8) is 0 Å². The SMILES string of the molecule is CNCC(=O)Nc1cc(-n2cccn2)nc(-c2ccco2)n1. The van der Waals surface area contributed by atoms with Crippen LogP contribution in [-0.2, 0) is 4.79 Å². The number of aromatic nitrogens is 4. The Morgan fingerprint density at radius 2 is 2.27 bits per heavy atom. The van der Waals surface area contributed by atoms with Crippen molar-refractivity contribution in [1.82, 2.24) is 25.1 Å². The Labute approximate surface area is 126 Å². The molecule has 0 radical (unpaired) electrons. The van der Waals surface area contributed by atoms with Crippen molar-refractivity contribution in [1.29, 1.82) is 0 Å². The van der Waals surface area contributed by atoms with Crippen molar-refractivity contribution in [2.75, 3.05) is 18.9 Å². The second kappa shape index (κ2) is 6.19. The van der Waals surface area contributed by atoms with E-state index in [0.717, 1.165) is 0 Å². The molecule has 8 nitrogen and oxygen atoms in total. The lowest BCUT2D eigenvalue weighted by molar-refractivity contribution is -0.115. The number of anilines is 1. The van der Waals surface area contributed by atoms with Gasteiger partial charge in [0.05, 0.1) is 12.8 Å². The van der Waals surface area contributed by atoms with Crippen LogP contribution >= 0.6 is 0 Å². The van der Waals surface area contributed by atoms with Crippen LogP contribution in [0, 0.1) is 0 Å². The molecule has 0 saturated carbocycles. The molecule has 0 aromatic carbocycles. The van der Waals surface area contributed by atoms with E-state index < -0.39 is 0 Å². The van der Waals surface area contributed by atoms with E-state index in [2.05, 4.69) is 25.7 Å². The number of likely N-dealkylation sites (N-methyl/N-ethyl adjacent to an activating group) is 1. The number of hydrogen-bond acceptors (Lipinski definition) is 6. The molecule has 0 atom stereocenters. The summed E-state index contributed by atoms with van der Waals surface area (Å²) in [5.41, 5.74) is 0. The number of nitrogens with zero attached hydrogens (tertiary/aromatic N) is 4. The number of carbonyl (C=O) groups is 1. The van der Waals surface area contributed by atoms with Gasteiger partial charge in [-0.2, -0.15) is 5.10 Å². The van der Waals surface area contributed by atoms with Crippen molar-refractivity contribution < 1.29 is 9.21 Å². The Hall–Kier alpha value is -3.00. The van der Waals surface area contributed by atoms with Crippen molar-refractivity contribution >= 4 is 11.7 Å². The van der Waals surface area contributed by atoms with Crippen molar-refractivity contribution in [3.05, 3.63) is 42.9 Å². The summed E-state index contributed by atoms with van der Waals surface area (Å²) in [7, 11) is 1.70. The molecular formula is C14H14N6O2. The summed E-state index contributed by atoms with van der Waals surface area (Å²) < 4.78 is 6.90. The van der Waals surface area contributed by atoms with Gasteiger partial charge in [-0.25, -0.2) is 14.6 Å². The fourth-order valence-electron chi connectivity index (χ4n) is 1.88. The zero-order chi connectivity index (χ0) is 15.4. The lowest BCUT2D eigenvalue weighted by Gasteiger charge is -2.08. The Balaban J connectivity index is 2.00. The average Bonchev–Trinajstić information content (AvgIpc) is 3.21. The van der Waals surface area contributed by atoms with E-state index in [0.29, 0.717) is 23.2 Å². The fraction of sp³-hybridized carbons (Fsp3) is 0.143. The number of carbonyl (C=O) groups excluding carboxylic acids is 1. The Bertz CT molecular complexity index is 699. The molecule has 8 heteroatoms. The van der Waals surface area contributed by atoms with E-state index in [-0.39, 0.29) is 12.5 Å². The highest BCUT2D eigenvalue weighted by Crippen LogP contribution is 2.19. The van der Waals surface area contributed by atoms with Gasteiger partial charge in [-0.3, -0.25) is 4.79 Å². The molecule has 0 aliphatic carbocycles. The van der Waals surface area contributed by atoms with E-state index in [4.69, 9.17) is 4.42 Å². The number of amides is 1. The quantitative estimate of drug-likeness (QED) is 0.731. The predicted octanol–water partition coefficient (Wildman–Crippen LogP) is 1.08. The first-order valence-corrected chi connectivity index (χ1v) is 6.63. The molecule has 3 aromatic heterocycles. The predicted molar refractivity (Wildman–Crippen MR) is 79.4 cm³/mol. The third-order valence-corrected chi connectivity index (χ3v) is 2.80. The van der Waals surface area contributed by atoms with Crippen LogP contribution in [0.3, 0.4) is 0 Å². The zero-order valence-corrected chi connectivity index (χ0v) is 11.9. The number of nitrogens with one attached hydrogen (secondary N) is 2. The van der Waals surface area contributed by atoms with Gasteiger partial charge in [-0.05, 0) is 25.2 Å². The highest BCUT2D eigenvalue weighted by molar-refractivity contribution is 5.91. The molecule has 0 aliphatic heterocycles. The summed E-state index contributed by atoms with van der Waals surface area (Å²) in [6.45, 7) is 0.192. The van der Waals surface area contributed by atoms with Crippen molar-refractivity contribution in [2.24, 2.45) is 0 Å². The van der Waals surface area contributed by atoms with Crippen LogP contribution in [0.25, 0.3) is 17.4 Å². The highest BCUT2D eigenvalue weighted by atomic mass is 16.3. The molecule has 0 fully saturated rings. The maximum atomic E-state index is 11.7. The normalized spacial score (nSPS) is 10.6. The summed E-state index contributed by atoms with van der Waals surface area (Å²) in [5, 5.41) is 9.63. The van der Waals surface area contributed by atoms with Crippen LogP contribution in [0.4, 0.5) is 5.82 Å². The largest absolute Gasteiger partial charge is 0.461 e. The maximum absolute atomic E-state index is 11.7. The van der Waals surface area contributed by atoms with Crippen molar-refractivity contribution in [3.8, 4) is 17.4 Å². The maximum Gasteiger partial charge on any atom is 0.239 e. The van der Waals surface area contributed by atoms with Crippen LogP contribution in [0.15, 0.2) is 47.3 Å². The average molecular weight is 298 g/mol. The monoisotopic (exact) mass is 298 g/mol. The first-order valence-electron chi connectivity index (χ1n) is 6.63. The third kappa shape index (κ3) is 3.01. The molecule has 3 heterocycles. The van der Waals surface area contributed by atoms with E-state index in [1.807, 2.05) is 0 Å². The summed E-state index contributed by atoms with van der Waals surface area (Å²) in [5.74, 6) is 1.60. The van der Waals surface area contributed by atoms with Crippen molar-refractivity contribution in [2.45, 2.75) is 0 Å². The summed E-state index contributed by atoms with van der Waals surface area (Å²) >= 11 is 0. The highest BCUT2D eigenvalue weighted by Gasteiger charge is 2.12. The van der Waals surface area contributed by atoms with E-state index in [1.165, 1.54) is 0 Å². The second-order valence-electron chi connectivity index (χ2n) is 4.44. The lowest BCUT2D eigenvalue weighted by Crippen LogP contribution is -2.25. The molecular weight excluding hydrogens is 284 g/mol. The molecule has 3 rings (SSSR count). The van der Waals surface area contributed by atoms with Gasteiger partial charge in [-0.1, -0.05) is 0 Å². The van der Waals surface area contributed by atoms with Gasteiger partial charge in [0, 0.05) is 18.5 Å². The van der Waals surface area contributed by atoms with Gasteiger partial charge in [0.15, 0.2) is 17.4 Å². The third-order valence-electron chi connectivity index (χ3n) is 2.80. The summed E-state index contributed by atoms with van der Waals surface area (Å²) in [4.78, 5) is 20.4. The van der Waals surface area contributed by atoms with Gasteiger partial charge in [0.25, 0.3) is 0 Å². The van der Waals surface area contributed by atoms with Gasteiger partial charge >= 0.3 is 0 Å². The molecule has 0 unspecified atom stereocenters. The van der Waals surface area contributed by atoms with Crippen LogP contribution in [0.2, 0.25) is 0 Å². The van der Waals surface area contributed by atoms with Crippen LogP contribution in [0.5, 0.6) is 0 Å². The summed E-state index contributed by atoms with van der Waals surface area (Å²) in [6, 6.07) is 6.93. The first-order chi connectivity index (χ1) is 10.8. The molecule has 112 valence electrons. The molecule has 2 N–H and O–H groups in total. The second-order valence-corrected chi connectivity index (χ2v) is 4.44. The lowest BCUT2D eigenvalue weighted by atomic mass is 10.4. The van der Waals surface area contributed by atoms with E-state index in [9.17, 15) is 4.79 Å². The van der Waals surface area contributed by atoms with Crippen LogP contribution in [0.1, 0.15) is 0 Å². The van der Waals surface area contributed by atoms with Gasteiger partial charge in [0.2, 0.25) is 5.91 Å². The smallest absolute Gasteiger partial charge is 0.239 e. The van der Waals surface area contributed by atoms with Gasteiger partial charge in [-0.15, -0.1) is 0 Å². The molecule has 22 heavy (non-hydrogen) atoms. The molecule has 1 amide bonds. The Morgan fingerprint density at radius 3 is 2.95 bits per heavy atom. The standard InChI is InChI=1S/C14H14N6O2/c1-15-9-13(21)17-11-8-12(20-6-3-5-16-20)19-14(18-11)10-4-2-7-22-10/h2-8,15H,9H2,1H3,(H,17,18,19,21). The van der Waals surface area contributed by atoms with Gasteiger partial charge in [0.1, 0.15) is 5.82 Å². The number of rotatable bonds is 5. The van der Waals surface area contributed by atoms with Gasteiger partial charge < -0.3 is 15.1 Å². The summed E-state index contributed by atoms with van der Waals surface area (Å²) in [6.07, 6.45) is 4.94.